The zero-order valence-corrected chi connectivity index (χ0v) is 8.69. The second-order valence-electron chi connectivity index (χ2n) is 3.04. The molecule has 18 heavy (non-hydrogen) atoms. The van der Waals surface area contributed by atoms with Crippen molar-refractivity contribution in [2.75, 3.05) is 7.11 Å². The average Bonchev–Trinajstić information content (AvgIpc) is 2.25. The topological polar surface area (TPSA) is 39.2 Å². The third-order valence-corrected chi connectivity index (χ3v) is 1.98. The van der Waals surface area contributed by atoms with Crippen molar-refractivity contribution in [1.82, 2.24) is 4.98 Å². The van der Waals surface area contributed by atoms with Crippen molar-refractivity contribution in [2.45, 2.75) is 12.6 Å². The largest absolute Gasteiger partial charge is 0.465 e. The molecule has 3 nitrogen and oxygen atoms in total. The molecule has 0 aliphatic carbocycles. The van der Waals surface area contributed by atoms with Crippen molar-refractivity contribution < 1.29 is 35.9 Å². The molecule has 9 heteroatoms. The van der Waals surface area contributed by atoms with Gasteiger partial charge in [0.25, 0.3) is 6.43 Å². The van der Waals surface area contributed by atoms with E-state index >= 15 is 0 Å². The smallest absolute Gasteiger partial charge is 0.421 e. The summed E-state index contributed by atoms with van der Waals surface area (Å²) in [5, 5.41) is 0. The molecule has 100 valence electrons. The molecule has 1 rings (SSSR count). The zero-order valence-electron chi connectivity index (χ0n) is 8.69. The van der Waals surface area contributed by atoms with Crippen molar-refractivity contribution in [3.63, 3.8) is 0 Å². The van der Waals surface area contributed by atoms with E-state index in [0.717, 1.165) is 7.11 Å². The molecule has 0 spiro atoms. The lowest BCUT2D eigenvalue weighted by molar-refractivity contribution is -0.142. The van der Waals surface area contributed by atoms with Crippen LogP contribution in [0.25, 0.3) is 0 Å². The molecule has 0 fully saturated rings. The van der Waals surface area contributed by atoms with Crippen molar-refractivity contribution in [3.05, 3.63) is 28.8 Å². The molecule has 1 aromatic heterocycles. The Morgan fingerprint density at radius 1 is 1.39 bits per heavy atom. The number of methoxy groups -OCH3 is 1. The molecule has 1 aromatic rings. The molecule has 0 aromatic carbocycles. The Morgan fingerprint density at radius 3 is 2.33 bits per heavy atom. The predicted octanol–water partition coefficient (Wildman–Crippen LogP) is 2.96. The minimum atomic E-state index is -5.40. The van der Waals surface area contributed by atoms with Crippen LogP contribution in [0, 0.1) is 5.95 Å². The number of ether oxygens (including phenoxy) is 1. The van der Waals surface area contributed by atoms with Gasteiger partial charge in [-0.25, -0.2) is 18.6 Å². The van der Waals surface area contributed by atoms with Crippen LogP contribution in [-0.2, 0) is 10.9 Å². The molecule has 0 aliphatic rings. The Labute approximate surface area is 96.4 Å². The maximum Gasteiger partial charge on any atom is 0.421 e. The van der Waals surface area contributed by atoms with E-state index in [1.807, 2.05) is 0 Å². The first-order chi connectivity index (χ1) is 8.20. The summed E-state index contributed by atoms with van der Waals surface area (Å²) >= 11 is 0. The second-order valence-corrected chi connectivity index (χ2v) is 3.04. The highest BCUT2D eigenvalue weighted by Gasteiger charge is 2.42. The summed E-state index contributed by atoms with van der Waals surface area (Å²) in [7, 11) is 0.786. The second kappa shape index (κ2) is 4.83. The molecule has 0 amide bonds. The minimum Gasteiger partial charge on any atom is -0.465 e. The van der Waals surface area contributed by atoms with E-state index < -0.39 is 41.2 Å². The van der Waals surface area contributed by atoms with Crippen LogP contribution in [0.2, 0.25) is 0 Å². The molecule has 0 radical (unpaired) electrons. The third kappa shape index (κ3) is 2.54. The predicted molar refractivity (Wildman–Crippen MR) is 45.5 cm³/mol. The maximum atomic E-state index is 12.9. The molecule has 0 saturated heterocycles. The number of esters is 1. The fourth-order valence-electron chi connectivity index (χ4n) is 1.27. The fourth-order valence-corrected chi connectivity index (χ4v) is 1.27. The highest BCUT2D eigenvalue weighted by Crippen LogP contribution is 2.39. The van der Waals surface area contributed by atoms with Crippen molar-refractivity contribution in [1.29, 1.82) is 0 Å². The SMILES string of the molecule is COC(=O)c1cnc(F)c(C(F)(F)F)c1C(F)F. The standard InChI is InChI=1S/C9H5F6NO2/c1-18-8(17)3-2-16-7(12)5(9(13,14)15)4(3)6(10)11/h2,6H,1H3. The monoisotopic (exact) mass is 273 g/mol. The Morgan fingerprint density at radius 2 is 1.94 bits per heavy atom. The summed E-state index contributed by atoms with van der Waals surface area (Å²) in [4.78, 5) is 13.7. The van der Waals surface area contributed by atoms with Gasteiger partial charge in [0.2, 0.25) is 5.95 Å². The van der Waals surface area contributed by atoms with Crippen LogP contribution in [-0.4, -0.2) is 18.1 Å². The number of rotatable bonds is 2. The van der Waals surface area contributed by atoms with E-state index in [-0.39, 0.29) is 6.20 Å². The Bertz CT molecular complexity index is 471. The number of halogens is 6. The number of nitrogens with zero attached hydrogens (tertiary/aromatic N) is 1. The van der Waals surface area contributed by atoms with Crippen LogP contribution in [0.3, 0.4) is 0 Å². The van der Waals surface area contributed by atoms with Gasteiger partial charge in [-0.3, -0.25) is 0 Å². The number of hydrogen-bond donors (Lipinski definition) is 0. The number of pyridine rings is 1. The van der Waals surface area contributed by atoms with Crippen LogP contribution >= 0.6 is 0 Å². The summed E-state index contributed by atoms with van der Waals surface area (Å²) in [6.45, 7) is 0. The van der Waals surface area contributed by atoms with Gasteiger partial charge < -0.3 is 4.74 Å². The molecule has 0 unspecified atom stereocenters. The van der Waals surface area contributed by atoms with Gasteiger partial charge in [0.1, 0.15) is 5.56 Å². The lowest BCUT2D eigenvalue weighted by atomic mass is 10.0. The molecular formula is C9H5F6NO2. The molecule has 0 N–H and O–H groups in total. The molecule has 0 atom stereocenters. The summed E-state index contributed by atoms with van der Waals surface area (Å²) in [6, 6.07) is 0. The lowest BCUT2D eigenvalue weighted by Gasteiger charge is -2.15. The Hall–Kier alpha value is -1.80. The quantitative estimate of drug-likeness (QED) is 0.472. The number of hydrogen-bond acceptors (Lipinski definition) is 3. The molecule has 0 saturated carbocycles. The summed E-state index contributed by atoms with van der Waals surface area (Å²) in [5.74, 6) is -3.58. The van der Waals surface area contributed by atoms with Gasteiger partial charge in [0.05, 0.1) is 18.2 Å². The Kier molecular flexibility index (Phi) is 3.82. The van der Waals surface area contributed by atoms with Gasteiger partial charge in [-0.05, 0) is 0 Å². The van der Waals surface area contributed by atoms with E-state index in [1.165, 1.54) is 0 Å². The van der Waals surface area contributed by atoms with Crippen LogP contribution in [0.1, 0.15) is 27.9 Å². The van der Waals surface area contributed by atoms with Crippen LogP contribution < -0.4 is 0 Å². The number of alkyl halides is 5. The van der Waals surface area contributed by atoms with Crippen molar-refractivity contribution in [2.24, 2.45) is 0 Å². The maximum absolute atomic E-state index is 12.9. The van der Waals surface area contributed by atoms with Crippen molar-refractivity contribution >= 4 is 5.97 Å². The first-order valence-electron chi connectivity index (χ1n) is 4.32. The van der Waals surface area contributed by atoms with Gasteiger partial charge in [-0.15, -0.1) is 0 Å². The molecule has 0 bridgehead atoms. The molecular weight excluding hydrogens is 268 g/mol. The third-order valence-electron chi connectivity index (χ3n) is 1.98. The van der Waals surface area contributed by atoms with E-state index in [0.29, 0.717) is 0 Å². The number of carbonyl (C=O) groups excluding carboxylic acids is 1. The van der Waals surface area contributed by atoms with Gasteiger partial charge >= 0.3 is 12.1 Å². The van der Waals surface area contributed by atoms with E-state index in [1.54, 1.807) is 0 Å². The van der Waals surface area contributed by atoms with Crippen LogP contribution in [0.15, 0.2) is 6.20 Å². The van der Waals surface area contributed by atoms with Crippen molar-refractivity contribution in [3.8, 4) is 0 Å². The molecule has 0 aliphatic heterocycles. The van der Waals surface area contributed by atoms with E-state index in [2.05, 4.69) is 9.72 Å². The zero-order chi connectivity index (χ0) is 14.1. The van der Waals surface area contributed by atoms with Gasteiger partial charge in [-0.2, -0.15) is 17.6 Å². The first-order valence-corrected chi connectivity index (χ1v) is 4.32. The highest BCUT2D eigenvalue weighted by molar-refractivity contribution is 5.91. The van der Waals surface area contributed by atoms with E-state index in [4.69, 9.17) is 0 Å². The van der Waals surface area contributed by atoms with E-state index in [9.17, 15) is 31.1 Å². The highest BCUT2D eigenvalue weighted by atomic mass is 19.4. The number of aromatic nitrogens is 1. The average molecular weight is 273 g/mol. The fraction of sp³-hybridized carbons (Fsp3) is 0.333. The number of carbonyl (C=O) groups is 1. The summed E-state index contributed by atoms with van der Waals surface area (Å²) in [6.07, 6.45) is -8.82. The normalized spacial score (nSPS) is 11.8. The Balaban J connectivity index is 3.64. The van der Waals surface area contributed by atoms with Crippen LogP contribution in [0.4, 0.5) is 26.3 Å². The van der Waals surface area contributed by atoms with Gasteiger partial charge in [0, 0.05) is 6.20 Å². The molecule has 1 heterocycles. The summed E-state index contributed by atoms with van der Waals surface area (Å²) in [5.41, 5.74) is -5.16. The van der Waals surface area contributed by atoms with Crippen LogP contribution in [0.5, 0.6) is 0 Å². The lowest BCUT2D eigenvalue weighted by Crippen LogP contribution is -2.18. The first kappa shape index (κ1) is 14.3. The minimum absolute atomic E-state index is 0.276. The summed E-state index contributed by atoms with van der Waals surface area (Å²) < 4.78 is 79.5. The van der Waals surface area contributed by atoms with Gasteiger partial charge in [-0.1, -0.05) is 0 Å². The van der Waals surface area contributed by atoms with Gasteiger partial charge in [0.15, 0.2) is 0 Å².